The minimum Gasteiger partial charge on any atom is -0.468 e. The van der Waals surface area contributed by atoms with Crippen LogP contribution < -0.4 is 5.32 Å². The van der Waals surface area contributed by atoms with E-state index in [1.165, 1.54) is 7.11 Å². The third kappa shape index (κ3) is 3.92. The molecule has 6 heteroatoms. The van der Waals surface area contributed by atoms with Crippen molar-refractivity contribution in [2.75, 3.05) is 27.4 Å². The second kappa shape index (κ2) is 6.70. The zero-order chi connectivity index (χ0) is 12.7. The Hall–Kier alpha value is -1.82. The van der Waals surface area contributed by atoms with Gasteiger partial charge in [0, 0.05) is 19.9 Å². The molecular formula is C11H16N2O4. The second-order valence-corrected chi connectivity index (χ2v) is 3.34. The van der Waals surface area contributed by atoms with Gasteiger partial charge in [0.15, 0.2) is 0 Å². The summed E-state index contributed by atoms with van der Waals surface area (Å²) < 4.78 is 11.1. The number of nitrogens with zero attached hydrogens (tertiary/aromatic N) is 1. The van der Waals surface area contributed by atoms with Gasteiger partial charge >= 0.3 is 5.97 Å². The normalized spacial score (nSPS) is 10.0. The highest BCUT2D eigenvalue weighted by Crippen LogP contribution is 2.02. The van der Waals surface area contributed by atoms with Crippen molar-refractivity contribution in [2.24, 2.45) is 0 Å². The lowest BCUT2D eigenvalue weighted by Crippen LogP contribution is -2.31. The molecule has 1 N–H and O–H groups in total. The average Bonchev–Trinajstić information content (AvgIpc) is 2.81. The van der Waals surface area contributed by atoms with Gasteiger partial charge in [-0.25, -0.2) is 0 Å². The summed E-state index contributed by atoms with van der Waals surface area (Å²) in [7, 11) is 2.87. The molecule has 0 bridgehead atoms. The molecule has 0 aliphatic heterocycles. The number of esters is 1. The zero-order valence-electron chi connectivity index (χ0n) is 9.93. The third-order valence-corrected chi connectivity index (χ3v) is 2.22. The van der Waals surface area contributed by atoms with Crippen LogP contribution in [0.5, 0.6) is 0 Å². The second-order valence-electron chi connectivity index (χ2n) is 3.34. The topological polar surface area (TPSA) is 69.6 Å². The van der Waals surface area contributed by atoms with Crippen molar-refractivity contribution >= 4 is 11.9 Å². The van der Waals surface area contributed by atoms with E-state index in [4.69, 9.17) is 4.74 Å². The molecule has 94 valence electrons. The van der Waals surface area contributed by atoms with Gasteiger partial charge in [-0.3, -0.25) is 9.59 Å². The number of nitrogens with one attached hydrogen (secondary N) is 1. The fourth-order valence-electron chi connectivity index (χ4n) is 1.32. The van der Waals surface area contributed by atoms with Crippen molar-refractivity contribution in [3.05, 3.63) is 24.0 Å². The molecule has 0 unspecified atom stereocenters. The van der Waals surface area contributed by atoms with Crippen molar-refractivity contribution < 1.29 is 19.1 Å². The molecule has 0 radical (unpaired) electrons. The Morgan fingerprint density at radius 1 is 1.41 bits per heavy atom. The lowest BCUT2D eigenvalue weighted by Gasteiger charge is -2.08. The van der Waals surface area contributed by atoms with Crippen molar-refractivity contribution in [3.8, 4) is 0 Å². The maximum atomic E-state index is 11.7. The van der Waals surface area contributed by atoms with Crippen LogP contribution in [0, 0.1) is 0 Å². The van der Waals surface area contributed by atoms with E-state index in [0.29, 0.717) is 18.8 Å². The van der Waals surface area contributed by atoms with Crippen LogP contribution >= 0.6 is 0 Å². The molecule has 0 spiro atoms. The highest BCUT2D eigenvalue weighted by Gasteiger charge is 2.11. The Balaban J connectivity index is 2.56. The molecule has 1 aromatic rings. The third-order valence-electron chi connectivity index (χ3n) is 2.22. The predicted molar refractivity (Wildman–Crippen MR) is 60.7 cm³/mol. The highest BCUT2D eigenvalue weighted by molar-refractivity contribution is 5.94. The van der Waals surface area contributed by atoms with Crippen LogP contribution in [0.2, 0.25) is 0 Å². The van der Waals surface area contributed by atoms with E-state index in [0.717, 1.165) is 0 Å². The molecule has 1 rings (SSSR count). The lowest BCUT2D eigenvalue weighted by molar-refractivity contribution is -0.139. The zero-order valence-corrected chi connectivity index (χ0v) is 9.93. The summed E-state index contributed by atoms with van der Waals surface area (Å²) in [6.45, 7) is 0.973. The van der Waals surface area contributed by atoms with E-state index >= 15 is 0 Å². The first-order chi connectivity index (χ1) is 8.19. The quantitative estimate of drug-likeness (QED) is 0.713. The molecule has 6 nitrogen and oxygen atoms in total. The van der Waals surface area contributed by atoms with Gasteiger partial charge in [0.25, 0.3) is 5.91 Å². The number of aromatic nitrogens is 1. The van der Waals surface area contributed by atoms with Crippen LogP contribution in [0.1, 0.15) is 10.5 Å². The fraction of sp³-hybridized carbons (Fsp3) is 0.455. The number of rotatable bonds is 6. The summed E-state index contributed by atoms with van der Waals surface area (Å²) in [5.41, 5.74) is 0.492. The molecule has 17 heavy (non-hydrogen) atoms. The van der Waals surface area contributed by atoms with E-state index in [1.54, 1.807) is 30.0 Å². The van der Waals surface area contributed by atoms with Crippen LogP contribution in [-0.4, -0.2) is 43.8 Å². The van der Waals surface area contributed by atoms with Crippen LogP contribution in [0.3, 0.4) is 0 Å². The van der Waals surface area contributed by atoms with E-state index in [-0.39, 0.29) is 12.5 Å². The smallest absolute Gasteiger partial charge is 0.325 e. The van der Waals surface area contributed by atoms with Gasteiger partial charge in [-0.05, 0) is 12.1 Å². The van der Waals surface area contributed by atoms with E-state index in [9.17, 15) is 9.59 Å². The van der Waals surface area contributed by atoms with Crippen molar-refractivity contribution in [1.29, 1.82) is 0 Å². The van der Waals surface area contributed by atoms with Gasteiger partial charge in [-0.15, -0.1) is 0 Å². The number of ether oxygens (including phenoxy) is 2. The SMILES string of the molecule is COCCn1cccc1C(=O)NCC(=O)OC. The molecule has 1 amide bonds. The first-order valence-corrected chi connectivity index (χ1v) is 5.18. The Morgan fingerprint density at radius 2 is 2.18 bits per heavy atom. The molecule has 0 aliphatic rings. The van der Waals surface area contributed by atoms with E-state index in [1.807, 2.05) is 0 Å². The molecule has 1 aromatic heterocycles. The minimum absolute atomic E-state index is 0.134. The van der Waals surface area contributed by atoms with Crippen molar-refractivity contribution in [3.63, 3.8) is 0 Å². The van der Waals surface area contributed by atoms with Crippen LogP contribution in [0.25, 0.3) is 0 Å². The summed E-state index contributed by atoms with van der Waals surface area (Å²) in [4.78, 5) is 22.6. The number of carbonyl (C=O) groups excluding carboxylic acids is 2. The molecule has 0 saturated carbocycles. The first kappa shape index (κ1) is 13.2. The maximum Gasteiger partial charge on any atom is 0.325 e. The van der Waals surface area contributed by atoms with Crippen LogP contribution in [0.4, 0.5) is 0 Å². The molecule has 0 aliphatic carbocycles. The Bertz CT molecular complexity index is 387. The molecule has 0 atom stereocenters. The monoisotopic (exact) mass is 240 g/mol. The van der Waals surface area contributed by atoms with Gasteiger partial charge in [0.1, 0.15) is 12.2 Å². The molecule has 1 heterocycles. The summed E-state index contributed by atoms with van der Waals surface area (Å²) in [6.07, 6.45) is 1.78. The largest absolute Gasteiger partial charge is 0.468 e. The standard InChI is InChI=1S/C11H16N2O4/c1-16-7-6-13-5-3-4-9(13)11(15)12-8-10(14)17-2/h3-5H,6-8H2,1-2H3,(H,12,15). The molecular weight excluding hydrogens is 224 g/mol. The number of amides is 1. The summed E-state index contributed by atoms with van der Waals surface area (Å²) in [5.74, 6) is -0.787. The van der Waals surface area contributed by atoms with Crippen LogP contribution in [-0.2, 0) is 20.8 Å². The van der Waals surface area contributed by atoms with Crippen molar-refractivity contribution in [2.45, 2.75) is 6.54 Å². The van der Waals surface area contributed by atoms with Gasteiger partial charge < -0.3 is 19.4 Å². The minimum atomic E-state index is -0.478. The Labute approximate surface area is 99.5 Å². The van der Waals surface area contributed by atoms with Gasteiger partial charge in [-0.1, -0.05) is 0 Å². The van der Waals surface area contributed by atoms with Gasteiger partial charge in [0.2, 0.25) is 0 Å². The number of methoxy groups -OCH3 is 2. The predicted octanol–water partition coefficient (Wildman–Crippen LogP) is 0.0373. The maximum absolute atomic E-state index is 11.7. The van der Waals surface area contributed by atoms with E-state index < -0.39 is 5.97 Å². The number of carbonyl (C=O) groups is 2. The summed E-state index contributed by atoms with van der Waals surface area (Å²) in [6, 6.07) is 3.45. The Morgan fingerprint density at radius 3 is 2.82 bits per heavy atom. The summed E-state index contributed by atoms with van der Waals surface area (Å²) in [5, 5.41) is 2.48. The average molecular weight is 240 g/mol. The van der Waals surface area contributed by atoms with E-state index in [2.05, 4.69) is 10.1 Å². The van der Waals surface area contributed by atoms with Crippen LogP contribution in [0.15, 0.2) is 18.3 Å². The number of hydrogen-bond acceptors (Lipinski definition) is 4. The lowest BCUT2D eigenvalue weighted by atomic mass is 10.4. The van der Waals surface area contributed by atoms with Crippen molar-refractivity contribution in [1.82, 2.24) is 9.88 Å². The fourth-order valence-corrected chi connectivity index (χ4v) is 1.32. The van der Waals surface area contributed by atoms with Gasteiger partial charge in [-0.2, -0.15) is 0 Å². The summed E-state index contributed by atoms with van der Waals surface area (Å²) >= 11 is 0. The van der Waals surface area contributed by atoms with Gasteiger partial charge in [0.05, 0.1) is 13.7 Å². The molecule has 0 saturated heterocycles. The molecule has 0 aromatic carbocycles. The molecule has 0 fully saturated rings. The first-order valence-electron chi connectivity index (χ1n) is 5.18. The highest BCUT2D eigenvalue weighted by atomic mass is 16.5. The number of hydrogen-bond donors (Lipinski definition) is 1. The Kier molecular flexibility index (Phi) is 5.22.